The molecular formula is C12H14FN3O. The van der Waals surface area contributed by atoms with Gasteiger partial charge >= 0.3 is 0 Å². The Bertz CT molecular complexity index is 524. The van der Waals surface area contributed by atoms with Gasteiger partial charge < -0.3 is 10.3 Å². The normalized spacial score (nSPS) is 12.7. The summed E-state index contributed by atoms with van der Waals surface area (Å²) in [6.07, 6.45) is 0.712. The van der Waals surface area contributed by atoms with Gasteiger partial charge in [-0.3, -0.25) is 0 Å². The summed E-state index contributed by atoms with van der Waals surface area (Å²) >= 11 is 0. The van der Waals surface area contributed by atoms with Gasteiger partial charge in [0.1, 0.15) is 5.82 Å². The van der Waals surface area contributed by atoms with Crippen LogP contribution in [0.15, 0.2) is 22.7 Å². The van der Waals surface area contributed by atoms with Gasteiger partial charge in [0.2, 0.25) is 11.7 Å². The van der Waals surface area contributed by atoms with Crippen LogP contribution >= 0.6 is 0 Å². The highest BCUT2D eigenvalue weighted by molar-refractivity contribution is 5.59. The average Bonchev–Trinajstić information content (AvgIpc) is 2.80. The maximum Gasteiger partial charge on any atom is 0.243 e. The largest absolute Gasteiger partial charge is 0.337 e. The molecular weight excluding hydrogens is 221 g/mol. The summed E-state index contributed by atoms with van der Waals surface area (Å²) in [6.45, 7) is 3.80. The Hall–Kier alpha value is -1.75. The number of halogens is 1. The van der Waals surface area contributed by atoms with Crippen LogP contribution in [0.2, 0.25) is 0 Å². The minimum atomic E-state index is -0.322. The van der Waals surface area contributed by atoms with E-state index in [1.807, 2.05) is 13.8 Å². The van der Waals surface area contributed by atoms with Crippen LogP contribution in [-0.4, -0.2) is 10.1 Å². The average molecular weight is 235 g/mol. The molecule has 5 heteroatoms. The van der Waals surface area contributed by atoms with Gasteiger partial charge in [0.15, 0.2) is 0 Å². The maximum absolute atomic E-state index is 13.2. The van der Waals surface area contributed by atoms with Crippen molar-refractivity contribution < 1.29 is 8.91 Å². The Morgan fingerprint density at radius 1 is 1.47 bits per heavy atom. The number of hydrogen-bond acceptors (Lipinski definition) is 4. The van der Waals surface area contributed by atoms with E-state index in [2.05, 4.69) is 10.1 Å². The zero-order valence-corrected chi connectivity index (χ0v) is 9.77. The highest BCUT2D eigenvalue weighted by Gasteiger charge is 2.15. The second-order valence-corrected chi connectivity index (χ2v) is 3.93. The first kappa shape index (κ1) is 11.7. The predicted octanol–water partition coefficient (Wildman–Crippen LogP) is 2.59. The van der Waals surface area contributed by atoms with Crippen molar-refractivity contribution in [1.82, 2.24) is 10.1 Å². The van der Waals surface area contributed by atoms with Crippen LogP contribution in [0.4, 0.5) is 4.39 Å². The molecule has 2 aromatic rings. The topological polar surface area (TPSA) is 64.9 Å². The van der Waals surface area contributed by atoms with Gasteiger partial charge in [-0.2, -0.15) is 4.98 Å². The quantitative estimate of drug-likeness (QED) is 0.888. The predicted molar refractivity (Wildman–Crippen MR) is 61.6 cm³/mol. The van der Waals surface area contributed by atoms with Gasteiger partial charge in [-0.1, -0.05) is 18.1 Å². The Kier molecular flexibility index (Phi) is 3.19. The van der Waals surface area contributed by atoms with Crippen LogP contribution in [0.3, 0.4) is 0 Å². The molecule has 2 rings (SSSR count). The van der Waals surface area contributed by atoms with Crippen molar-refractivity contribution >= 4 is 0 Å². The Balaban J connectivity index is 2.40. The van der Waals surface area contributed by atoms with Crippen LogP contribution in [0.5, 0.6) is 0 Å². The zero-order valence-electron chi connectivity index (χ0n) is 9.77. The van der Waals surface area contributed by atoms with Gasteiger partial charge in [-0.15, -0.1) is 0 Å². The molecule has 0 spiro atoms. The van der Waals surface area contributed by atoms with E-state index in [0.717, 1.165) is 5.56 Å². The number of nitrogens with two attached hydrogens (primary N) is 1. The lowest BCUT2D eigenvalue weighted by molar-refractivity contribution is 0.352. The first-order chi connectivity index (χ1) is 8.11. The second-order valence-electron chi connectivity index (χ2n) is 3.93. The zero-order chi connectivity index (χ0) is 12.4. The fourth-order valence-electron chi connectivity index (χ4n) is 1.50. The fraction of sp³-hybridized carbons (Fsp3) is 0.333. The summed E-state index contributed by atoms with van der Waals surface area (Å²) < 4.78 is 18.2. The molecule has 0 fully saturated rings. The molecule has 0 saturated heterocycles. The van der Waals surface area contributed by atoms with E-state index in [-0.39, 0.29) is 11.9 Å². The van der Waals surface area contributed by atoms with Gasteiger partial charge in [-0.25, -0.2) is 4.39 Å². The fourth-order valence-corrected chi connectivity index (χ4v) is 1.50. The Morgan fingerprint density at radius 3 is 2.94 bits per heavy atom. The van der Waals surface area contributed by atoms with Gasteiger partial charge in [0, 0.05) is 5.56 Å². The van der Waals surface area contributed by atoms with Gasteiger partial charge in [0.05, 0.1) is 6.04 Å². The van der Waals surface area contributed by atoms with Crippen LogP contribution in [0, 0.1) is 12.7 Å². The third-order valence-corrected chi connectivity index (χ3v) is 2.64. The summed E-state index contributed by atoms with van der Waals surface area (Å²) in [5.41, 5.74) is 7.30. The molecule has 0 aliphatic rings. The number of hydrogen-bond donors (Lipinski definition) is 1. The molecule has 1 heterocycles. The van der Waals surface area contributed by atoms with E-state index >= 15 is 0 Å². The molecule has 90 valence electrons. The van der Waals surface area contributed by atoms with Crippen LogP contribution in [0.25, 0.3) is 11.4 Å². The Labute approximate surface area is 98.6 Å². The highest BCUT2D eigenvalue weighted by atomic mass is 19.1. The van der Waals surface area contributed by atoms with Crippen LogP contribution in [-0.2, 0) is 0 Å². The SMILES string of the molecule is CC[C@@H](N)c1nc(-c2cc(F)ccc2C)no1. The molecule has 0 aliphatic carbocycles. The summed E-state index contributed by atoms with van der Waals surface area (Å²) in [6, 6.07) is 4.20. The number of benzene rings is 1. The molecule has 4 nitrogen and oxygen atoms in total. The third kappa shape index (κ3) is 2.34. The van der Waals surface area contributed by atoms with Crippen LogP contribution < -0.4 is 5.73 Å². The summed E-state index contributed by atoms with van der Waals surface area (Å²) in [4.78, 5) is 4.18. The first-order valence-electron chi connectivity index (χ1n) is 5.47. The van der Waals surface area contributed by atoms with E-state index in [4.69, 9.17) is 10.3 Å². The molecule has 0 unspecified atom stereocenters. The molecule has 0 radical (unpaired) electrons. The Morgan fingerprint density at radius 2 is 2.24 bits per heavy atom. The third-order valence-electron chi connectivity index (χ3n) is 2.64. The minimum Gasteiger partial charge on any atom is -0.337 e. The first-order valence-corrected chi connectivity index (χ1v) is 5.47. The molecule has 2 N–H and O–H groups in total. The van der Waals surface area contributed by atoms with Crippen molar-refractivity contribution in [3.05, 3.63) is 35.5 Å². The molecule has 0 saturated carbocycles. The van der Waals surface area contributed by atoms with Crippen molar-refractivity contribution in [1.29, 1.82) is 0 Å². The number of aryl methyl sites for hydroxylation is 1. The molecule has 0 bridgehead atoms. The van der Waals surface area contributed by atoms with Crippen molar-refractivity contribution in [2.45, 2.75) is 26.3 Å². The lowest BCUT2D eigenvalue weighted by Crippen LogP contribution is -2.08. The minimum absolute atomic E-state index is 0.273. The van der Waals surface area contributed by atoms with Crippen molar-refractivity contribution in [2.75, 3.05) is 0 Å². The lowest BCUT2D eigenvalue weighted by Gasteiger charge is -2.01. The van der Waals surface area contributed by atoms with Crippen molar-refractivity contribution in [2.24, 2.45) is 5.73 Å². The van der Waals surface area contributed by atoms with E-state index in [0.29, 0.717) is 23.7 Å². The van der Waals surface area contributed by atoms with E-state index in [1.165, 1.54) is 12.1 Å². The monoisotopic (exact) mass is 235 g/mol. The standard InChI is InChI=1S/C12H14FN3O/c1-3-10(14)12-15-11(16-17-12)9-6-8(13)5-4-7(9)2/h4-6,10H,3,14H2,1-2H3/t10-/m1/s1. The molecule has 1 aromatic carbocycles. The molecule has 1 aromatic heterocycles. The van der Waals surface area contributed by atoms with Crippen molar-refractivity contribution in [3.63, 3.8) is 0 Å². The second kappa shape index (κ2) is 4.63. The van der Waals surface area contributed by atoms with E-state index in [9.17, 15) is 4.39 Å². The van der Waals surface area contributed by atoms with Gasteiger partial charge in [-0.05, 0) is 31.0 Å². The molecule has 0 aliphatic heterocycles. The number of rotatable bonds is 3. The number of nitrogens with zero attached hydrogens (tertiary/aromatic N) is 2. The molecule has 1 atom stereocenters. The smallest absolute Gasteiger partial charge is 0.243 e. The summed E-state index contributed by atoms with van der Waals surface area (Å²) in [5, 5.41) is 3.82. The summed E-state index contributed by atoms with van der Waals surface area (Å²) in [7, 11) is 0. The molecule has 0 amide bonds. The number of aromatic nitrogens is 2. The van der Waals surface area contributed by atoms with Crippen LogP contribution in [0.1, 0.15) is 30.8 Å². The maximum atomic E-state index is 13.2. The van der Waals surface area contributed by atoms with E-state index < -0.39 is 0 Å². The molecule has 17 heavy (non-hydrogen) atoms. The van der Waals surface area contributed by atoms with Crippen molar-refractivity contribution in [3.8, 4) is 11.4 Å². The summed E-state index contributed by atoms with van der Waals surface area (Å²) in [5.74, 6) is 0.434. The lowest BCUT2D eigenvalue weighted by atomic mass is 10.1. The van der Waals surface area contributed by atoms with E-state index in [1.54, 1.807) is 6.07 Å². The van der Waals surface area contributed by atoms with Gasteiger partial charge in [0.25, 0.3) is 0 Å². The highest BCUT2D eigenvalue weighted by Crippen LogP contribution is 2.23.